The molecular weight excluding hydrogens is 158 g/mol. The fourth-order valence-corrected chi connectivity index (χ4v) is 0.677. The Labute approximate surface area is 69.6 Å². The normalized spacial score (nSPS) is 12.8. The molecule has 0 fully saturated rings. The molecule has 0 amide bonds. The Morgan fingerprint density at radius 1 is 1.83 bits per heavy atom. The van der Waals surface area contributed by atoms with Gasteiger partial charge in [0.2, 0.25) is 0 Å². The summed E-state index contributed by atoms with van der Waals surface area (Å²) in [6.45, 7) is 2.10. The molecule has 1 atom stereocenters. The van der Waals surface area contributed by atoms with Crippen LogP contribution >= 0.6 is 0 Å². The van der Waals surface area contributed by atoms with Crippen LogP contribution in [0.5, 0.6) is 0 Å². The van der Waals surface area contributed by atoms with Crippen molar-refractivity contribution < 1.29 is 4.74 Å². The van der Waals surface area contributed by atoms with Gasteiger partial charge in [-0.05, 0) is 6.92 Å². The molecule has 1 aromatic heterocycles. The van der Waals surface area contributed by atoms with E-state index >= 15 is 0 Å². The lowest BCUT2D eigenvalue weighted by atomic mass is 10.4. The van der Waals surface area contributed by atoms with Crippen molar-refractivity contribution in [3.05, 3.63) is 28.4 Å². The molecule has 1 rings (SSSR count). The summed E-state index contributed by atoms with van der Waals surface area (Å²) >= 11 is 0. The fraction of sp³-hybridized carbons (Fsp3) is 0.429. The van der Waals surface area contributed by atoms with Crippen molar-refractivity contribution >= 4 is 0 Å². The fourth-order valence-electron chi connectivity index (χ4n) is 0.677. The summed E-state index contributed by atoms with van der Waals surface area (Å²) in [6.07, 6.45) is 2.70. The smallest absolute Gasteiger partial charge is 0.344 e. The van der Waals surface area contributed by atoms with E-state index in [-0.39, 0.29) is 11.9 Å². The third-order valence-electron chi connectivity index (χ3n) is 1.24. The second-order valence-corrected chi connectivity index (χ2v) is 2.44. The van der Waals surface area contributed by atoms with Crippen molar-refractivity contribution in [2.24, 2.45) is 5.73 Å². The average Bonchev–Trinajstić information content (AvgIpc) is 2.03. The van der Waals surface area contributed by atoms with E-state index in [1.165, 1.54) is 6.20 Å². The van der Waals surface area contributed by atoms with Crippen LogP contribution in [0.1, 0.15) is 12.5 Å². The molecular formula is C7H11N3O2. The highest BCUT2D eigenvalue weighted by molar-refractivity contribution is 4.99. The molecule has 0 radical (unpaired) electrons. The largest absolute Gasteiger partial charge is 0.359 e. The van der Waals surface area contributed by atoms with Crippen molar-refractivity contribution in [1.82, 2.24) is 9.97 Å². The summed E-state index contributed by atoms with van der Waals surface area (Å²) in [6, 6.07) is 0. The first-order chi connectivity index (χ1) is 5.68. The van der Waals surface area contributed by atoms with Crippen LogP contribution in [0.4, 0.5) is 0 Å². The summed E-state index contributed by atoms with van der Waals surface area (Å²) in [4.78, 5) is 16.5. The first kappa shape index (κ1) is 8.89. The quantitative estimate of drug-likeness (QED) is 0.603. The minimum atomic E-state index is -0.362. The molecule has 3 N–H and O–H groups in total. The number of H-pyrrole nitrogens is 1. The third kappa shape index (κ3) is 2.81. The molecule has 0 aliphatic rings. The average molecular weight is 169 g/mol. The van der Waals surface area contributed by atoms with Crippen LogP contribution in [0.2, 0.25) is 0 Å². The second-order valence-electron chi connectivity index (χ2n) is 2.44. The van der Waals surface area contributed by atoms with Gasteiger partial charge >= 0.3 is 5.69 Å². The van der Waals surface area contributed by atoms with Gasteiger partial charge in [0.1, 0.15) is 6.23 Å². The van der Waals surface area contributed by atoms with E-state index in [0.29, 0.717) is 6.61 Å². The summed E-state index contributed by atoms with van der Waals surface area (Å²) in [7, 11) is 0. The van der Waals surface area contributed by atoms with Crippen molar-refractivity contribution in [2.45, 2.75) is 19.8 Å². The van der Waals surface area contributed by atoms with Crippen molar-refractivity contribution in [1.29, 1.82) is 0 Å². The molecule has 5 nitrogen and oxygen atoms in total. The maximum absolute atomic E-state index is 10.5. The van der Waals surface area contributed by atoms with Gasteiger partial charge in [-0.25, -0.2) is 9.78 Å². The van der Waals surface area contributed by atoms with Gasteiger partial charge in [0.15, 0.2) is 0 Å². The number of hydrogen-bond acceptors (Lipinski definition) is 4. The number of nitrogens with zero attached hydrogens (tertiary/aromatic N) is 1. The topological polar surface area (TPSA) is 81.0 Å². The zero-order valence-corrected chi connectivity index (χ0v) is 6.78. The Balaban J connectivity index is 2.53. The van der Waals surface area contributed by atoms with Crippen LogP contribution in [0, 0.1) is 0 Å². The zero-order valence-electron chi connectivity index (χ0n) is 6.78. The van der Waals surface area contributed by atoms with Gasteiger partial charge in [0.25, 0.3) is 0 Å². The predicted molar refractivity (Wildman–Crippen MR) is 43.3 cm³/mol. The van der Waals surface area contributed by atoms with E-state index in [4.69, 9.17) is 10.5 Å². The molecule has 0 saturated carbocycles. The molecule has 0 bridgehead atoms. The van der Waals surface area contributed by atoms with Gasteiger partial charge in [-0.2, -0.15) is 0 Å². The number of aromatic nitrogens is 2. The summed E-state index contributed by atoms with van der Waals surface area (Å²) in [5.74, 6) is 0. The molecule has 5 heteroatoms. The van der Waals surface area contributed by atoms with E-state index in [1.807, 2.05) is 0 Å². The molecule has 1 aromatic rings. The molecule has 1 heterocycles. The van der Waals surface area contributed by atoms with E-state index in [2.05, 4.69) is 9.97 Å². The molecule has 0 saturated heterocycles. The van der Waals surface area contributed by atoms with Gasteiger partial charge in [-0.15, -0.1) is 0 Å². The number of nitrogens with two attached hydrogens (primary N) is 1. The number of aromatic amines is 1. The standard InChI is InChI=1S/C7H11N3O2/c1-5(8)12-4-6-2-9-7(11)10-3-6/h2-3,5H,4,8H2,1H3,(H,9,10,11). The zero-order chi connectivity index (χ0) is 8.97. The third-order valence-corrected chi connectivity index (χ3v) is 1.24. The Bertz CT molecular complexity index is 274. The van der Waals surface area contributed by atoms with E-state index < -0.39 is 0 Å². The Hall–Kier alpha value is -1.20. The number of nitrogens with one attached hydrogen (secondary N) is 1. The van der Waals surface area contributed by atoms with Crippen LogP contribution in [0.25, 0.3) is 0 Å². The predicted octanol–water partition coefficient (Wildman–Crippen LogP) is -0.409. The van der Waals surface area contributed by atoms with Gasteiger partial charge in [0.05, 0.1) is 6.61 Å². The van der Waals surface area contributed by atoms with E-state index in [0.717, 1.165) is 5.56 Å². The molecule has 0 aliphatic carbocycles. The lowest BCUT2D eigenvalue weighted by molar-refractivity contribution is 0.0573. The Morgan fingerprint density at radius 3 is 3.08 bits per heavy atom. The molecule has 0 aromatic carbocycles. The van der Waals surface area contributed by atoms with E-state index in [1.54, 1.807) is 13.1 Å². The van der Waals surface area contributed by atoms with Gasteiger partial charge in [-0.1, -0.05) is 0 Å². The monoisotopic (exact) mass is 169 g/mol. The van der Waals surface area contributed by atoms with Crippen molar-refractivity contribution in [2.75, 3.05) is 0 Å². The molecule has 66 valence electrons. The summed E-state index contributed by atoms with van der Waals surface area (Å²) in [5, 5.41) is 0. The highest BCUT2D eigenvalue weighted by atomic mass is 16.5. The van der Waals surface area contributed by atoms with Crippen LogP contribution in [-0.2, 0) is 11.3 Å². The maximum Gasteiger partial charge on any atom is 0.344 e. The highest BCUT2D eigenvalue weighted by Crippen LogP contribution is 1.95. The number of ether oxygens (including phenoxy) is 1. The molecule has 0 aliphatic heterocycles. The SMILES string of the molecule is CC(N)OCc1cnc(=O)[nH]c1. The summed E-state index contributed by atoms with van der Waals surface area (Å²) in [5.41, 5.74) is 5.79. The lowest BCUT2D eigenvalue weighted by Gasteiger charge is -2.05. The van der Waals surface area contributed by atoms with Crippen LogP contribution in [0.15, 0.2) is 17.2 Å². The van der Waals surface area contributed by atoms with Gasteiger partial charge < -0.3 is 15.5 Å². The van der Waals surface area contributed by atoms with Crippen molar-refractivity contribution in [3.63, 3.8) is 0 Å². The van der Waals surface area contributed by atoms with Gasteiger partial charge in [-0.3, -0.25) is 0 Å². The first-order valence-corrected chi connectivity index (χ1v) is 3.59. The lowest BCUT2D eigenvalue weighted by Crippen LogP contribution is -2.19. The maximum atomic E-state index is 10.5. The van der Waals surface area contributed by atoms with E-state index in [9.17, 15) is 4.79 Å². The molecule has 12 heavy (non-hydrogen) atoms. The van der Waals surface area contributed by atoms with Crippen LogP contribution in [0.3, 0.4) is 0 Å². The van der Waals surface area contributed by atoms with Crippen LogP contribution < -0.4 is 11.4 Å². The Morgan fingerprint density at radius 2 is 2.58 bits per heavy atom. The minimum Gasteiger partial charge on any atom is -0.359 e. The van der Waals surface area contributed by atoms with Gasteiger partial charge in [0, 0.05) is 18.0 Å². The molecule has 1 unspecified atom stereocenters. The Kier molecular flexibility index (Phi) is 2.95. The molecule has 0 spiro atoms. The summed E-state index contributed by atoms with van der Waals surface area (Å²) < 4.78 is 5.08. The second kappa shape index (κ2) is 3.99. The van der Waals surface area contributed by atoms with Crippen molar-refractivity contribution in [3.8, 4) is 0 Å². The number of rotatable bonds is 3. The minimum absolute atomic E-state index is 0.308. The number of hydrogen-bond donors (Lipinski definition) is 2. The van der Waals surface area contributed by atoms with Crippen LogP contribution in [-0.4, -0.2) is 16.2 Å². The highest BCUT2D eigenvalue weighted by Gasteiger charge is 1.95. The first-order valence-electron chi connectivity index (χ1n) is 3.59.